The number of carbonyl (C=O) groups excluding carboxylic acids is 1. The molecule has 0 radical (unpaired) electrons. The number of nitrogens with zero attached hydrogens (tertiary/aromatic N) is 3. The van der Waals surface area contributed by atoms with Gasteiger partial charge in [0.1, 0.15) is 12.0 Å². The Kier molecular flexibility index (Phi) is 4.54. The Hall–Kier alpha value is -3.15. The Morgan fingerprint density at radius 2 is 2.17 bits per heavy atom. The molecule has 2 amide bonds. The van der Waals surface area contributed by atoms with Crippen molar-refractivity contribution in [1.29, 1.82) is 0 Å². The molecule has 5 rings (SSSR count). The fourth-order valence-corrected chi connectivity index (χ4v) is 4.45. The number of benzene rings is 1. The zero-order valence-corrected chi connectivity index (χ0v) is 16.7. The van der Waals surface area contributed by atoms with Gasteiger partial charge in [0.05, 0.1) is 5.69 Å². The summed E-state index contributed by atoms with van der Waals surface area (Å²) in [6.45, 7) is 3.39. The lowest BCUT2D eigenvalue weighted by atomic mass is 10.00. The number of aryl methyl sites for hydroxylation is 3. The van der Waals surface area contributed by atoms with Gasteiger partial charge in [-0.3, -0.25) is 0 Å². The minimum Gasteiger partial charge on any atom is -0.343 e. The van der Waals surface area contributed by atoms with E-state index in [0.29, 0.717) is 13.1 Å². The molecule has 2 aromatic heterocycles. The fourth-order valence-electron chi connectivity index (χ4n) is 4.45. The maximum Gasteiger partial charge on any atom is 0.322 e. The predicted octanol–water partition coefficient (Wildman–Crippen LogP) is 4.33. The van der Waals surface area contributed by atoms with Crippen molar-refractivity contribution in [2.24, 2.45) is 0 Å². The van der Waals surface area contributed by atoms with Gasteiger partial charge in [-0.2, -0.15) is 0 Å². The van der Waals surface area contributed by atoms with E-state index in [1.807, 2.05) is 23.1 Å². The maximum absolute atomic E-state index is 12.7. The number of hydrogen-bond donors (Lipinski definition) is 2. The zero-order chi connectivity index (χ0) is 19.8. The molecule has 29 heavy (non-hydrogen) atoms. The Morgan fingerprint density at radius 1 is 1.24 bits per heavy atom. The van der Waals surface area contributed by atoms with Crippen LogP contribution in [0.1, 0.15) is 42.3 Å². The topological polar surface area (TPSA) is 73.9 Å². The summed E-state index contributed by atoms with van der Waals surface area (Å²) in [6.07, 6.45) is 8.92. The van der Waals surface area contributed by atoms with Crippen LogP contribution in [0.15, 0.2) is 36.7 Å². The number of aromatic nitrogens is 3. The largest absolute Gasteiger partial charge is 0.343 e. The molecule has 1 aliphatic carbocycles. The van der Waals surface area contributed by atoms with Crippen LogP contribution in [0.4, 0.5) is 10.5 Å². The van der Waals surface area contributed by atoms with E-state index in [1.54, 1.807) is 6.33 Å². The monoisotopic (exact) mass is 387 g/mol. The molecule has 1 aliphatic heterocycles. The summed E-state index contributed by atoms with van der Waals surface area (Å²) in [5.41, 5.74) is 7.95. The van der Waals surface area contributed by atoms with E-state index in [2.05, 4.69) is 39.3 Å². The number of nitrogens with one attached hydrogen (secondary N) is 2. The van der Waals surface area contributed by atoms with Gasteiger partial charge < -0.3 is 15.2 Å². The van der Waals surface area contributed by atoms with Crippen molar-refractivity contribution < 1.29 is 4.79 Å². The average Bonchev–Trinajstić information content (AvgIpc) is 3.35. The zero-order valence-electron chi connectivity index (χ0n) is 16.7. The van der Waals surface area contributed by atoms with E-state index >= 15 is 0 Å². The highest BCUT2D eigenvalue weighted by Crippen LogP contribution is 2.34. The standard InChI is InChI=1S/C23H25N5O/c1-2-15-5-3-6-17(13-15)26-23(29)28-11-9-16(10-12-28)21-20-18-7-4-8-19(18)27-22(20)25-14-24-21/h3,5-6,9,13-14H,2,4,7-8,10-12H2,1H3,(H,26,29)(H,24,25,27). The number of carbonyl (C=O) groups is 1. The van der Waals surface area contributed by atoms with Crippen molar-refractivity contribution in [3.05, 3.63) is 59.2 Å². The number of aromatic amines is 1. The normalized spacial score (nSPS) is 16.0. The highest BCUT2D eigenvalue weighted by molar-refractivity contribution is 5.94. The van der Waals surface area contributed by atoms with Crippen LogP contribution in [-0.2, 0) is 19.3 Å². The predicted molar refractivity (Wildman–Crippen MR) is 115 cm³/mol. The highest BCUT2D eigenvalue weighted by Gasteiger charge is 2.24. The molecule has 0 bridgehead atoms. The van der Waals surface area contributed by atoms with Gasteiger partial charge in [0.25, 0.3) is 0 Å². The van der Waals surface area contributed by atoms with E-state index in [1.165, 1.54) is 34.2 Å². The van der Waals surface area contributed by atoms with Crippen LogP contribution in [-0.4, -0.2) is 39.0 Å². The van der Waals surface area contributed by atoms with Crippen LogP contribution in [0.25, 0.3) is 16.6 Å². The van der Waals surface area contributed by atoms with Crippen molar-refractivity contribution in [2.45, 2.75) is 39.0 Å². The molecule has 6 nitrogen and oxygen atoms in total. The summed E-state index contributed by atoms with van der Waals surface area (Å²) in [4.78, 5) is 27.1. The Bertz CT molecular complexity index is 1110. The fraction of sp³-hybridized carbons (Fsp3) is 0.348. The summed E-state index contributed by atoms with van der Waals surface area (Å²) >= 11 is 0. The van der Waals surface area contributed by atoms with Gasteiger partial charge in [0, 0.05) is 29.9 Å². The number of fused-ring (bicyclic) bond motifs is 3. The maximum atomic E-state index is 12.7. The molecule has 3 aromatic rings. The Balaban J connectivity index is 1.34. The summed E-state index contributed by atoms with van der Waals surface area (Å²) in [7, 11) is 0. The molecule has 6 heteroatoms. The van der Waals surface area contributed by atoms with Gasteiger partial charge in [0.15, 0.2) is 0 Å². The lowest BCUT2D eigenvalue weighted by molar-refractivity contribution is 0.217. The van der Waals surface area contributed by atoms with Gasteiger partial charge in [-0.15, -0.1) is 0 Å². The molecule has 0 spiro atoms. The van der Waals surface area contributed by atoms with E-state index in [-0.39, 0.29) is 6.03 Å². The van der Waals surface area contributed by atoms with Gasteiger partial charge in [0.2, 0.25) is 0 Å². The number of anilines is 1. The molecule has 1 aromatic carbocycles. The Morgan fingerprint density at radius 3 is 3.00 bits per heavy atom. The molecule has 3 heterocycles. The molecule has 0 fully saturated rings. The molecule has 148 valence electrons. The minimum absolute atomic E-state index is 0.0519. The first-order valence-corrected chi connectivity index (χ1v) is 10.4. The van der Waals surface area contributed by atoms with Crippen molar-refractivity contribution in [2.75, 3.05) is 18.4 Å². The van der Waals surface area contributed by atoms with Crippen molar-refractivity contribution in [3.8, 4) is 0 Å². The summed E-state index contributed by atoms with van der Waals surface area (Å²) in [5.74, 6) is 0. The minimum atomic E-state index is -0.0519. The second kappa shape index (κ2) is 7.35. The van der Waals surface area contributed by atoms with E-state index in [0.717, 1.165) is 42.7 Å². The molecule has 0 saturated carbocycles. The van der Waals surface area contributed by atoms with Crippen molar-refractivity contribution in [1.82, 2.24) is 19.9 Å². The van der Waals surface area contributed by atoms with E-state index in [9.17, 15) is 4.79 Å². The number of amides is 2. The van der Waals surface area contributed by atoms with Crippen LogP contribution < -0.4 is 5.32 Å². The van der Waals surface area contributed by atoms with Crippen LogP contribution in [0.3, 0.4) is 0 Å². The first-order chi connectivity index (χ1) is 14.2. The van der Waals surface area contributed by atoms with Crippen LogP contribution in [0.5, 0.6) is 0 Å². The van der Waals surface area contributed by atoms with E-state index in [4.69, 9.17) is 0 Å². The first-order valence-electron chi connectivity index (χ1n) is 10.4. The lowest BCUT2D eigenvalue weighted by Crippen LogP contribution is -2.38. The number of hydrogen-bond acceptors (Lipinski definition) is 3. The number of urea groups is 1. The molecular weight excluding hydrogens is 362 g/mol. The van der Waals surface area contributed by atoms with Gasteiger partial charge in [-0.1, -0.05) is 25.1 Å². The molecule has 0 atom stereocenters. The van der Waals surface area contributed by atoms with Gasteiger partial charge >= 0.3 is 6.03 Å². The van der Waals surface area contributed by atoms with Crippen molar-refractivity contribution >= 4 is 28.3 Å². The quantitative estimate of drug-likeness (QED) is 0.702. The average molecular weight is 387 g/mol. The second-order valence-electron chi connectivity index (χ2n) is 7.79. The smallest absolute Gasteiger partial charge is 0.322 e. The van der Waals surface area contributed by atoms with Crippen LogP contribution in [0, 0.1) is 0 Å². The third kappa shape index (κ3) is 3.28. The summed E-state index contributed by atoms with van der Waals surface area (Å²) in [6, 6.07) is 7.98. The third-order valence-electron chi connectivity index (χ3n) is 6.02. The van der Waals surface area contributed by atoms with Gasteiger partial charge in [-0.25, -0.2) is 14.8 Å². The number of H-pyrrole nitrogens is 1. The van der Waals surface area contributed by atoms with Crippen LogP contribution >= 0.6 is 0 Å². The van der Waals surface area contributed by atoms with Gasteiger partial charge in [-0.05, 0) is 60.9 Å². The SMILES string of the molecule is CCc1cccc(NC(=O)N2CC=C(c3ncnc4[nH]c5c(c34)CCC5)CC2)c1. The first kappa shape index (κ1) is 17.9. The highest BCUT2D eigenvalue weighted by atomic mass is 16.2. The molecule has 2 N–H and O–H groups in total. The second-order valence-corrected chi connectivity index (χ2v) is 7.79. The van der Waals surface area contributed by atoms with Crippen molar-refractivity contribution in [3.63, 3.8) is 0 Å². The summed E-state index contributed by atoms with van der Waals surface area (Å²) < 4.78 is 0. The van der Waals surface area contributed by atoms with Crippen LogP contribution in [0.2, 0.25) is 0 Å². The molecule has 0 saturated heterocycles. The molecular formula is C23H25N5O. The third-order valence-corrected chi connectivity index (χ3v) is 6.02. The summed E-state index contributed by atoms with van der Waals surface area (Å²) in [5, 5.41) is 4.21. The lowest BCUT2D eigenvalue weighted by Gasteiger charge is -2.27. The number of rotatable bonds is 3. The molecule has 2 aliphatic rings. The molecule has 0 unspecified atom stereocenters. The Labute approximate surface area is 170 Å². The van der Waals surface area contributed by atoms with E-state index < -0.39 is 0 Å².